The molecule has 0 saturated heterocycles. The molecule has 0 spiro atoms. The first-order valence-electron chi connectivity index (χ1n) is 9.46. The smallest absolute Gasteiger partial charge is 0.306 e. The van der Waals surface area contributed by atoms with Gasteiger partial charge in [-0.15, -0.1) is 0 Å². The molecule has 1 amide bonds. The van der Waals surface area contributed by atoms with Crippen LogP contribution in [-0.2, 0) is 20.7 Å². The predicted molar refractivity (Wildman–Crippen MR) is 113 cm³/mol. The molecule has 1 aromatic carbocycles. The van der Waals surface area contributed by atoms with Gasteiger partial charge < -0.3 is 14.8 Å². The summed E-state index contributed by atoms with van der Waals surface area (Å²) in [5.41, 5.74) is 3.18. The first-order chi connectivity index (χ1) is 13.8. The van der Waals surface area contributed by atoms with E-state index in [1.807, 2.05) is 33.1 Å². The highest BCUT2D eigenvalue weighted by Gasteiger charge is 2.20. The highest BCUT2D eigenvalue weighted by molar-refractivity contribution is 7.98. The summed E-state index contributed by atoms with van der Waals surface area (Å²) in [7, 11) is 0. The zero-order chi connectivity index (χ0) is 21.4. The Hall–Kier alpha value is -2.61. The van der Waals surface area contributed by atoms with Crippen molar-refractivity contribution < 1.29 is 19.1 Å². The van der Waals surface area contributed by atoms with E-state index in [1.54, 1.807) is 25.1 Å². The van der Waals surface area contributed by atoms with Gasteiger partial charge in [0.1, 0.15) is 5.75 Å². The van der Waals surface area contributed by atoms with E-state index in [9.17, 15) is 9.59 Å². The number of amides is 1. The minimum Gasteiger partial charge on any atom is -0.492 e. The Labute approximate surface area is 175 Å². The maximum absolute atomic E-state index is 12.4. The van der Waals surface area contributed by atoms with Crippen molar-refractivity contribution in [1.82, 2.24) is 9.97 Å². The fraction of sp³-hybridized carbons (Fsp3) is 0.429. The van der Waals surface area contributed by atoms with E-state index in [2.05, 4.69) is 15.3 Å². The highest BCUT2D eigenvalue weighted by Crippen LogP contribution is 2.24. The Kier molecular flexibility index (Phi) is 8.45. The lowest BCUT2D eigenvalue weighted by Gasteiger charge is -2.16. The molecule has 1 aromatic heterocycles. The van der Waals surface area contributed by atoms with Gasteiger partial charge in [-0.1, -0.05) is 23.9 Å². The normalized spacial score (nSPS) is 11.6. The summed E-state index contributed by atoms with van der Waals surface area (Å²) in [5, 5.41) is 3.45. The molecule has 156 valence electrons. The Morgan fingerprint density at radius 2 is 1.83 bits per heavy atom. The number of aryl methyl sites for hydroxylation is 2. The number of carbonyl (C=O) groups excluding carboxylic acids is 2. The van der Waals surface area contributed by atoms with Crippen molar-refractivity contribution in [2.45, 2.75) is 51.8 Å². The molecule has 1 N–H and O–H groups in total. The van der Waals surface area contributed by atoms with Crippen LogP contribution in [0.3, 0.4) is 0 Å². The molecular weight excluding hydrogens is 390 g/mol. The van der Waals surface area contributed by atoms with E-state index in [1.165, 1.54) is 11.8 Å². The summed E-state index contributed by atoms with van der Waals surface area (Å²) >= 11 is 1.48. The van der Waals surface area contributed by atoms with Crippen molar-refractivity contribution in [3.05, 3.63) is 41.2 Å². The number of benzene rings is 1. The van der Waals surface area contributed by atoms with Crippen LogP contribution in [-0.4, -0.2) is 40.8 Å². The maximum Gasteiger partial charge on any atom is 0.306 e. The molecule has 0 aliphatic rings. The van der Waals surface area contributed by atoms with Gasteiger partial charge in [0.2, 0.25) is 0 Å². The third kappa shape index (κ3) is 6.45. The van der Waals surface area contributed by atoms with Gasteiger partial charge >= 0.3 is 5.97 Å². The number of hydrogen-bond donors (Lipinski definition) is 1. The van der Waals surface area contributed by atoms with E-state index < -0.39 is 18.0 Å². The zero-order valence-corrected chi connectivity index (χ0v) is 18.3. The van der Waals surface area contributed by atoms with Crippen LogP contribution >= 0.6 is 11.8 Å². The number of ether oxygens (including phenoxy) is 2. The lowest BCUT2D eigenvalue weighted by molar-refractivity contribution is -0.153. The maximum atomic E-state index is 12.4. The summed E-state index contributed by atoms with van der Waals surface area (Å²) in [6.07, 6.45) is 1.61. The molecular formula is C21H27N3O4S. The number of hydrogen-bond acceptors (Lipinski definition) is 7. The van der Waals surface area contributed by atoms with Crippen molar-refractivity contribution >= 4 is 29.3 Å². The van der Waals surface area contributed by atoms with Crippen LogP contribution in [0.2, 0.25) is 0 Å². The topological polar surface area (TPSA) is 90.4 Å². The first kappa shape index (κ1) is 22.7. The Bertz CT molecular complexity index is 850. The van der Waals surface area contributed by atoms with Crippen molar-refractivity contribution in [2.24, 2.45) is 0 Å². The zero-order valence-electron chi connectivity index (χ0n) is 17.4. The monoisotopic (exact) mass is 417 g/mol. The SMILES string of the molecule is CCOc1ccccc1NC(=O)[C@H](C)OC(=O)CCc1c(C)nc(SC)nc1C. The third-order valence-corrected chi connectivity index (χ3v) is 4.83. The number of para-hydroxylation sites is 2. The molecule has 1 heterocycles. The second-order valence-electron chi connectivity index (χ2n) is 6.41. The predicted octanol–water partition coefficient (Wildman–Crippen LogP) is 3.72. The largest absolute Gasteiger partial charge is 0.492 e. The van der Waals surface area contributed by atoms with Gasteiger partial charge in [-0.3, -0.25) is 9.59 Å². The minimum atomic E-state index is -0.922. The Morgan fingerprint density at radius 1 is 1.17 bits per heavy atom. The standard InChI is InChI=1S/C21H27N3O4S/c1-6-27-18-10-8-7-9-17(18)24-20(26)15(4)28-19(25)12-11-16-13(2)22-21(29-5)23-14(16)3/h7-10,15H,6,11-12H2,1-5H3,(H,24,26)/t15-/m0/s1. The minimum absolute atomic E-state index is 0.150. The van der Waals surface area contributed by atoms with Gasteiger partial charge in [0.25, 0.3) is 5.91 Å². The summed E-state index contributed by atoms with van der Waals surface area (Å²) in [5.74, 6) is -0.287. The van der Waals surface area contributed by atoms with E-state index in [0.717, 1.165) is 17.0 Å². The fourth-order valence-corrected chi connectivity index (χ4v) is 3.24. The van der Waals surface area contributed by atoms with Crippen molar-refractivity contribution in [3.63, 3.8) is 0 Å². The molecule has 0 aliphatic heterocycles. The number of nitrogens with zero attached hydrogens (tertiary/aromatic N) is 2. The van der Waals surface area contributed by atoms with Gasteiger partial charge in [0.05, 0.1) is 12.3 Å². The average Bonchev–Trinajstić information content (AvgIpc) is 2.68. The quantitative estimate of drug-likeness (QED) is 0.378. The van der Waals surface area contributed by atoms with E-state index in [-0.39, 0.29) is 6.42 Å². The van der Waals surface area contributed by atoms with Crippen molar-refractivity contribution in [1.29, 1.82) is 0 Å². The highest BCUT2D eigenvalue weighted by atomic mass is 32.2. The second kappa shape index (κ2) is 10.8. The van der Waals surface area contributed by atoms with Crippen LogP contribution in [0.5, 0.6) is 5.75 Å². The van der Waals surface area contributed by atoms with Gasteiger partial charge in [-0.2, -0.15) is 0 Å². The Morgan fingerprint density at radius 3 is 2.45 bits per heavy atom. The van der Waals surface area contributed by atoms with Gasteiger partial charge in [0, 0.05) is 17.8 Å². The molecule has 2 rings (SSSR count). The summed E-state index contributed by atoms with van der Waals surface area (Å²) < 4.78 is 10.8. The molecule has 0 saturated carbocycles. The molecule has 1 atom stereocenters. The fourth-order valence-electron chi connectivity index (χ4n) is 2.78. The lowest BCUT2D eigenvalue weighted by atomic mass is 10.1. The molecule has 0 aliphatic carbocycles. The van der Waals surface area contributed by atoms with Gasteiger partial charge in [-0.05, 0) is 58.1 Å². The molecule has 2 aromatic rings. The number of carbonyl (C=O) groups is 2. The number of thioether (sulfide) groups is 1. The molecule has 0 radical (unpaired) electrons. The van der Waals surface area contributed by atoms with Crippen LogP contribution in [0.1, 0.15) is 37.2 Å². The average molecular weight is 418 g/mol. The van der Waals surface area contributed by atoms with Gasteiger partial charge in [0.15, 0.2) is 11.3 Å². The van der Waals surface area contributed by atoms with Crippen LogP contribution < -0.4 is 10.1 Å². The Balaban J connectivity index is 1.91. The summed E-state index contributed by atoms with van der Waals surface area (Å²) in [6, 6.07) is 7.12. The van der Waals surface area contributed by atoms with E-state index in [4.69, 9.17) is 9.47 Å². The molecule has 8 heteroatoms. The first-order valence-corrected chi connectivity index (χ1v) is 10.7. The van der Waals surface area contributed by atoms with E-state index in [0.29, 0.717) is 29.6 Å². The van der Waals surface area contributed by atoms with E-state index >= 15 is 0 Å². The lowest BCUT2D eigenvalue weighted by Crippen LogP contribution is -2.30. The third-order valence-electron chi connectivity index (χ3n) is 4.28. The van der Waals surface area contributed by atoms with Crippen LogP contribution in [0.15, 0.2) is 29.4 Å². The molecule has 0 unspecified atom stereocenters. The van der Waals surface area contributed by atoms with Crippen LogP contribution in [0, 0.1) is 13.8 Å². The van der Waals surface area contributed by atoms with Crippen molar-refractivity contribution in [2.75, 3.05) is 18.2 Å². The van der Waals surface area contributed by atoms with Gasteiger partial charge in [-0.25, -0.2) is 9.97 Å². The molecule has 0 bridgehead atoms. The number of anilines is 1. The number of esters is 1. The van der Waals surface area contributed by atoms with Crippen molar-refractivity contribution in [3.8, 4) is 5.75 Å². The molecule has 7 nitrogen and oxygen atoms in total. The summed E-state index contributed by atoms with van der Waals surface area (Å²) in [6.45, 7) is 7.70. The molecule has 29 heavy (non-hydrogen) atoms. The van der Waals surface area contributed by atoms with Crippen LogP contribution in [0.25, 0.3) is 0 Å². The number of rotatable bonds is 9. The molecule has 0 fully saturated rings. The summed E-state index contributed by atoms with van der Waals surface area (Å²) in [4.78, 5) is 33.4. The number of nitrogens with one attached hydrogen (secondary N) is 1. The number of aromatic nitrogens is 2. The second-order valence-corrected chi connectivity index (χ2v) is 7.18. The van der Waals surface area contributed by atoms with Crippen LogP contribution in [0.4, 0.5) is 5.69 Å².